The number of nitrogens with zero attached hydrogens (tertiary/aromatic N) is 2. The second-order valence-electron chi connectivity index (χ2n) is 5.78. The molecule has 1 amide bonds. The maximum absolute atomic E-state index is 12.1. The highest BCUT2D eigenvalue weighted by atomic mass is 16.5. The van der Waals surface area contributed by atoms with Gasteiger partial charge in [-0.15, -0.1) is 0 Å². The van der Waals surface area contributed by atoms with Crippen LogP contribution in [0.1, 0.15) is 25.2 Å². The number of ether oxygens (including phenoxy) is 1. The molecule has 26 heavy (non-hydrogen) atoms. The van der Waals surface area contributed by atoms with Gasteiger partial charge in [0.1, 0.15) is 5.75 Å². The molecule has 2 aromatic carbocycles. The number of rotatable bonds is 7. The lowest BCUT2D eigenvalue weighted by atomic mass is 10.1. The number of nitrogens with one attached hydrogen (secondary N) is 1. The maximum atomic E-state index is 12.1. The van der Waals surface area contributed by atoms with Gasteiger partial charge < -0.3 is 14.6 Å². The number of hydrogen-bond acceptors (Lipinski definition) is 5. The van der Waals surface area contributed by atoms with Crippen LogP contribution in [0.4, 0.5) is 5.69 Å². The van der Waals surface area contributed by atoms with Crippen LogP contribution in [0, 0.1) is 0 Å². The molecule has 134 valence electrons. The van der Waals surface area contributed by atoms with Gasteiger partial charge in [-0.05, 0) is 42.3 Å². The van der Waals surface area contributed by atoms with Crippen LogP contribution >= 0.6 is 0 Å². The smallest absolute Gasteiger partial charge is 0.262 e. The van der Waals surface area contributed by atoms with Crippen molar-refractivity contribution in [2.45, 2.75) is 26.7 Å². The van der Waals surface area contributed by atoms with Crippen molar-refractivity contribution in [3.63, 3.8) is 0 Å². The summed E-state index contributed by atoms with van der Waals surface area (Å²) in [6.45, 7) is 3.97. The Kier molecular flexibility index (Phi) is 5.63. The van der Waals surface area contributed by atoms with E-state index in [0.29, 0.717) is 23.9 Å². The minimum atomic E-state index is -0.217. The van der Waals surface area contributed by atoms with Crippen LogP contribution in [0.25, 0.3) is 11.5 Å². The Morgan fingerprint density at radius 1 is 1.12 bits per heavy atom. The molecule has 1 N–H and O–H groups in total. The first-order chi connectivity index (χ1) is 12.7. The molecule has 3 aromatic rings. The quantitative estimate of drug-likeness (QED) is 0.699. The molecule has 0 fully saturated rings. The van der Waals surface area contributed by atoms with Gasteiger partial charge in [-0.3, -0.25) is 4.79 Å². The third-order valence-corrected chi connectivity index (χ3v) is 3.88. The van der Waals surface area contributed by atoms with E-state index in [1.54, 1.807) is 12.1 Å². The van der Waals surface area contributed by atoms with E-state index in [2.05, 4.69) is 22.4 Å². The highest BCUT2D eigenvalue weighted by Gasteiger charge is 2.09. The van der Waals surface area contributed by atoms with Gasteiger partial charge in [-0.1, -0.05) is 37.2 Å². The molecule has 0 spiro atoms. The molecule has 0 saturated carbocycles. The summed E-state index contributed by atoms with van der Waals surface area (Å²) in [5, 5.41) is 6.70. The average Bonchev–Trinajstić information content (AvgIpc) is 3.17. The number of benzene rings is 2. The highest BCUT2D eigenvalue weighted by Crippen LogP contribution is 2.22. The molecule has 0 bridgehead atoms. The largest absolute Gasteiger partial charge is 0.484 e. The van der Waals surface area contributed by atoms with E-state index in [4.69, 9.17) is 9.26 Å². The molecule has 6 nitrogen and oxygen atoms in total. The molecule has 3 rings (SSSR count). The predicted octanol–water partition coefficient (Wildman–Crippen LogP) is 3.88. The van der Waals surface area contributed by atoms with Gasteiger partial charge in [0.15, 0.2) is 12.4 Å². The van der Waals surface area contributed by atoms with Gasteiger partial charge in [0.25, 0.3) is 11.8 Å². The van der Waals surface area contributed by atoms with Crippen molar-refractivity contribution >= 4 is 11.6 Å². The molecular formula is C20H21N3O3. The lowest BCUT2D eigenvalue weighted by molar-refractivity contribution is -0.118. The fourth-order valence-corrected chi connectivity index (χ4v) is 2.40. The summed E-state index contributed by atoms with van der Waals surface area (Å²) in [4.78, 5) is 16.4. The monoisotopic (exact) mass is 351 g/mol. The summed E-state index contributed by atoms with van der Waals surface area (Å²) in [6.07, 6.45) is 1.67. The summed E-state index contributed by atoms with van der Waals surface area (Å²) >= 11 is 0. The second kappa shape index (κ2) is 8.29. The van der Waals surface area contributed by atoms with Crippen LogP contribution in [0.5, 0.6) is 5.75 Å². The van der Waals surface area contributed by atoms with Crippen LogP contribution in [0.3, 0.4) is 0 Å². The molecule has 6 heteroatoms. The standard InChI is InChI=1S/C20H21N3O3/c1-3-14-8-10-16(11-9-14)21-19(24)13-25-17-7-5-6-15(12-17)20-22-18(4-2)23-26-20/h5-12H,3-4,13H2,1-2H3,(H,21,24). The first kappa shape index (κ1) is 17.7. The fourth-order valence-electron chi connectivity index (χ4n) is 2.40. The minimum Gasteiger partial charge on any atom is -0.484 e. The number of anilines is 1. The van der Waals surface area contributed by atoms with Crippen LogP contribution in [0.15, 0.2) is 53.1 Å². The Balaban J connectivity index is 1.58. The van der Waals surface area contributed by atoms with E-state index >= 15 is 0 Å². The van der Waals surface area contributed by atoms with Crippen LogP contribution in [-0.2, 0) is 17.6 Å². The van der Waals surface area contributed by atoms with Gasteiger partial charge in [-0.25, -0.2) is 0 Å². The summed E-state index contributed by atoms with van der Waals surface area (Å²) in [5.41, 5.74) is 2.73. The van der Waals surface area contributed by atoms with Crippen molar-refractivity contribution in [3.05, 3.63) is 59.9 Å². The summed E-state index contributed by atoms with van der Waals surface area (Å²) in [5.74, 6) is 1.44. The Hall–Kier alpha value is -3.15. The molecule has 0 aliphatic heterocycles. The second-order valence-corrected chi connectivity index (χ2v) is 5.78. The van der Waals surface area contributed by atoms with Gasteiger partial charge in [0.2, 0.25) is 0 Å². The molecule has 0 atom stereocenters. The zero-order chi connectivity index (χ0) is 18.4. The molecule has 0 aliphatic rings. The summed E-state index contributed by atoms with van der Waals surface area (Å²) in [7, 11) is 0. The Morgan fingerprint density at radius 2 is 1.92 bits per heavy atom. The van der Waals surface area contributed by atoms with Crippen LogP contribution in [-0.4, -0.2) is 22.7 Å². The van der Waals surface area contributed by atoms with Gasteiger partial charge in [0, 0.05) is 17.7 Å². The lowest BCUT2D eigenvalue weighted by Crippen LogP contribution is -2.20. The number of carbonyl (C=O) groups excluding carboxylic acids is 1. The van der Waals surface area contributed by atoms with E-state index in [1.165, 1.54) is 5.56 Å². The summed E-state index contributed by atoms with van der Waals surface area (Å²) in [6, 6.07) is 15.0. The highest BCUT2D eigenvalue weighted by molar-refractivity contribution is 5.91. The van der Waals surface area contributed by atoms with E-state index in [0.717, 1.165) is 17.7 Å². The predicted molar refractivity (Wildman–Crippen MR) is 99.1 cm³/mol. The van der Waals surface area contributed by atoms with Crippen LogP contribution < -0.4 is 10.1 Å². The number of carbonyl (C=O) groups is 1. The molecular weight excluding hydrogens is 330 g/mol. The molecule has 0 unspecified atom stereocenters. The SMILES string of the molecule is CCc1ccc(NC(=O)COc2cccc(-c3nc(CC)no3)c2)cc1. The van der Waals surface area contributed by atoms with E-state index in [-0.39, 0.29) is 12.5 Å². The first-order valence-corrected chi connectivity index (χ1v) is 8.62. The van der Waals surface area contributed by atoms with Crippen molar-refractivity contribution in [1.29, 1.82) is 0 Å². The Bertz CT molecular complexity index is 872. The zero-order valence-corrected chi connectivity index (χ0v) is 14.9. The molecule has 0 aliphatic carbocycles. The molecule has 1 aromatic heterocycles. The van der Waals surface area contributed by atoms with E-state index < -0.39 is 0 Å². The number of hydrogen-bond donors (Lipinski definition) is 1. The third kappa shape index (κ3) is 4.47. The minimum absolute atomic E-state index is 0.0803. The van der Waals surface area contributed by atoms with E-state index in [9.17, 15) is 4.79 Å². The maximum Gasteiger partial charge on any atom is 0.262 e. The van der Waals surface area contributed by atoms with Gasteiger partial charge in [0.05, 0.1) is 0 Å². The third-order valence-electron chi connectivity index (χ3n) is 3.88. The Labute approximate surface area is 152 Å². The van der Waals surface area contributed by atoms with Crippen molar-refractivity contribution in [2.24, 2.45) is 0 Å². The number of aryl methyl sites for hydroxylation is 2. The van der Waals surface area contributed by atoms with Crippen molar-refractivity contribution in [1.82, 2.24) is 10.1 Å². The van der Waals surface area contributed by atoms with Crippen molar-refractivity contribution < 1.29 is 14.1 Å². The van der Waals surface area contributed by atoms with Gasteiger partial charge in [-0.2, -0.15) is 4.98 Å². The number of amides is 1. The van der Waals surface area contributed by atoms with Crippen LogP contribution in [0.2, 0.25) is 0 Å². The molecule has 0 saturated heterocycles. The molecule has 0 radical (unpaired) electrons. The lowest BCUT2D eigenvalue weighted by Gasteiger charge is -2.08. The van der Waals surface area contributed by atoms with Crippen molar-refractivity contribution in [3.8, 4) is 17.2 Å². The van der Waals surface area contributed by atoms with E-state index in [1.807, 2.05) is 43.3 Å². The normalized spacial score (nSPS) is 10.5. The summed E-state index contributed by atoms with van der Waals surface area (Å²) < 4.78 is 10.8. The Morgan fingerprint density at radius 3 is 2.62 bits per heavy atom. The fraction of sp³-hybridized carbons (Fsp3) is 0.250. The number of aromatic nitrogens is 2. The zero-order valence-electron chi connectivity index (χ0n) is 14.9. The first-order valence-electron chi connectivity index (χ1n) is 8.62. The average molecular weight is 351 g/mol. The van der Waals surface area contributed by atoms with Crippen molar-refractivity contribution in [2.75, 3.05) is 11.9 Å². The topological polar surface area (TPSA) is 77.2 Å². The van der Waals surface area contributed by atoms with Gasteiger partial charge >= 0.3 is 0 Å². The molecule has 1 heterocycles.